The van der Waals surface area contributed by atoms with E-state index in [-0.39, 0.29) is 23.8 Å². The molecule has 27 heavy (non-hydrogen) atoms. The standard InChI is InChI=1S/C20H23NO5S/c1-3-14-4-8-17(9-5-14)27(24,25)21-13-15(6-11-20(22)23)18-12-16(26-2)7-10-19(18)21/h4-5,7-10,12,15H,3,6,11,13H2,1-2H3,(H,22,23). The summed E-state index contributed by atoms with van der Waals surface area (Å²) in [6, 6.07) is 12.1. The van der Waals surface area contributed by atoms with Crippen LogP contribution < -0.4 is 9.04 Å². The number of aryl methyl sites for hydroxylation is 1. The number of rotatable bonds is 7. The Morgan fingerprint density at radius 3 is 2.52 bits per heavy atom. The molecular formula is C20H23NO5S. The van der Waals surface area contributed by atoms with Crippen LogP contribution in [-0.4, -0.2) is 33.1 Å². The Hall–Kier alpha value is -2.54. The van der Waals surface area contributed by atoms with E-state index in [9.17, 15) is 13.2 Å². The minimum Gasteiger partial charge on any atom is -0.497 e. The molecule has 0 aromatic heterocycles. The van der Waals surface area contributed by atoms with Gasteiger partial charge in [0.05, 0.1) is 17.7 Å². The number of methoxy groups -OCH3 is 1. The molecule has 0 amide bonds. The van der Waals surface area contributed by atoms with Gasteiger partial charge in [-0.1, -0.05) is 19.1 Å². The number of carboxylic acids is 1. The molecule has 0 saturated carbocycles. The molecular weight excluding hydrogens is 366 g/mol. The zero-order chi connectivity index (χ0) is 19.6. The number of aliphatic carboxylic acids is 1. The quantitative estimate of drug-likeness (QED) is 0.784. The Kier molecular flexibility index (Phi) is 5.41. The van der Waals surface area contributed by atoms with E-state index in [4.69, 9.17) is 9.84 Å². The van der Waals surface area contributed by atoms with Crippen LogP contribution in [0, 0.1) is 0 Å². The highest BCUT2D eigenvalue weighted by atomic mass is 32.2. The van der Waals surface area contributed by atoms with Crippen LogP contribution >= 0.6 is 0 Å². The summed E-state index contributed by atoms with van der Waals surface area (Å²) in [5, 5.41) is 9.02. The van der Waals surface area contributed by atoms with Crippen molar-refractivity contribution in [3.05, 3.63) is 53.6 Å². The number of hydrogen-bond donors (Lipinski definition) is 1. The maximum absolute atomic E-state index is 13.2. The van der Waals surface area contributed by atoms with E-state index in [0.29, 0.717) is 17.9 Å². The van der Waals surface area contributed by atoms with Crippen molar-refractivity contribution in [2.24, 2.45) is 0 Å². The van der Waals surface area contributed by atoms with Crippen molar-refractivity contribution in [3.8, 4) is 5.75 Å². The van der Waals surface area contributed by atoms with E-state index < -0.39 is 16.0 Å². The van der Waals surface area contributed by atoms with Crippen LogP contribution in [0.3, 0.4) is 0 Å². The van der Waals surface area contributed by atoms with Gasteiger partial charge in [-0.15, -0.1) is 0 Å². The minimum absolute atomic E-state index is 0.0135. The molecule has 1 atom stereocenters. The van der Waals surface area contributed by atoms with Gasteiger partial charge in [0.25, 0.3) is 10.0 Å². The lowest BCUT2D eigenvalue weighted by Gasteiger charge is -2.20. The third-order valence-corrected chi connectivity index (χ3v) is 6.75. The van der Waals surface area contributed by atoms with Crippen molar-refractivity contribution < 1.29 is 23.1 Å². The normalized spacial score (nSPS) is 16.2. The second-order valence-electron chi connectivity index (χ2n) is 6.59. The molecule has 7 heteroatoms. The predicted octanol–water partition coefficient (Wildman–Crippen LogP) is 3.41. The number of hydrogen-bond acceptors (Lipinski definition) is 4. The van der Waals surface area contributed by atoms with Gasteiger partial charge in [0, 0.05) is 18.9 Å². The maximum atomic E-state index is 13.2. The lowest BCUT2D eigenvalue weighted by atomic mass is 9.96. The molecule has 0 radical (unpaired) electrons. The van der Waals surface area contributed by atoms with Crippen LogP contribution in [0.1, 0.15) is 36.8 Å². The van der Waals surface area contributed by atoms with Gasteiger partial charge < -0.3 is 9.84 Å². The van der Waals surface area contributed by atoms with Crippen LogP contribution in [0.5, 0.6) is 5.75 Å². The predicted molar refractivity (Wildman–Crippen MR) is 103 cm³/mol. The molecule has 1 unspecified atom stereocenters. The number of sulfonamides is 1. The number of benzene rings is 2. The first-order valence-corrected chi connectivity index (χ1v) is 10.3. The summed E-state index contributed by atoms with van der Waals surface area (Å²) in [4.78, 5) is 11.2. The molecule has 1 aliphatic heterocycles. The highest BCUT2D eigenvalue weighted by Crippen LogP contribution is 2.43. The summed E-state index contributed by atoms with van der Waals surface area (Å²) in [5.41, 5.74) is 2.47. The van der Waals surface area contributed by atoms with Gasteiger partial charge in [0.15, 0.2) is 0 Å². The molecule has 0 spiro atoms. The van der Waals surface area contributed by atoms with Crippen LogP contribution in [0.15, 0.2) is 47.4 Å². The smallest absolute Gasteiger partial charge is 0.303 e. The van der Waals surface area contributed by atoms with Crippen LogP contribution in [-0.2, 0) is 21.2 Å². The fraction of sp³-hybridized carbons (Fsp3) is 0.350. The van der Waals surface area contributed by atoms with Crippen molar-refractivity contribution in [1.29, 1.82) is 0 Å². The van der Waals surface area contributed by atoms with Crippen molar-refractivity contribution in [1.82, 2.24) is 0 Å². The van der Waals surface area contributed by atoms with Crippen molar-refractivity contribution in [2.75, 3.05) is 18.0 Å². The first-order chi connectivity index (χ1) is 12.9. The lowest BCUT2D eigenvalue weighted by molar-refractivity contribution is -0.137. The highest BCUT2D eigenvalue weighted by molar-refractivity contribution is 7.92. The van der Waals surface area contributed by atoms with Crippen LogP contribution in [0.25, 0.3) is 0 Å². The van der Waals surface area contributed by atoms with Crippen molar-refractivity contribution in [2.45, 2.75) is 37.0 Å². The fourth-order valence-corrected chi connectivity index (χ4v) is 4.94. The lowest BCUT2D eigenvalue weighted by Crippen LogP contribution is -2.30. The van der Waals surface area contributed by atoms with E-state index in [1.807, 2.05) is 19.1 Å². The Labute approximate surface area is 159 Å². The average molecular weight is 389 g/mol. The SMILES string of the molecule is CCc1ccc(S(=O)(=O)N2CC(CCC(=O)O)c3cc(OC)ccc32)cc1. The first-order valence-electron chi connectivity index (χ1n) is 8.88. The summed E-state index contributed by atoms with van der Waals surface area (Å²) >= 11 is 0. The topological polar surface area (TPSA) is 83.9 Å². The van der Waals surface area contributed by atoms with Crippen molar-refractivity contribution in [3.63, 3.8) is 0 Å². The molecule has 144 valence electrons. The number of carbonyl (C=O) groups is 1. The molecule has 0 bridgehead atoms. The molecule has 3 rings (SSSR count). The maximum Gasteiger partial charge on any atom is 0.303 e. The summed E-state index contributed by atoms with van der Waals surface area (Å²) in [6.45, 7) is 2.24. The zero-order valence-corrected chi connectivity index (χ0v) is 16.2. The number of fused-ring (bicyclic) bond motifs is 1. The molecule has 1 heterocycles. The third-order valence-electron chi connectivity index (χ3n) is 4.96. The van der Waals surface area contributed by atoms with Gasteiger partial charge in [0.2, 0.25) is 0 Å². The van der Waals surface area contributed by atoms with E-state index in [1.54, 1.807) is 37.4 Å². The van der Waals surface area contributed by atoms with E-state index >= 15 is 0 Å². The molecule has 0 saturated heterocycles. The van der Waals surface area contributed by atoms with Gasteiger partial charge in [0.1, 0.15) is 5.75 Å². The molecule has 0 fully saturated rings. The summed E-state index contributed by atoms with van der Waals surface area (Å²) < 4.78 is 33.1. The van der Waals surface area contributed by atoms with Gasteiger partial charge in [-0.05, 0) is 54.3 Å². The summed E-state index contributed by atoms with van der Waals surface area (Å²) in [7, 11) is -2.17. The molecule has 2 aromatic rings. The number of ether oxygens (including phenoxy) is 1. The van der Waals surface area contributed by atoms with Crippen LogP contribution in [0.2, 0.25) is 0 Å². The van der Waals surface area contributed by atoms with E-state index in [0.717, 1.165) is 17.5 Å². The monoisotopic (exact) mass is 389 g/mol. The third kappa shape index (κ3) is 3.78. The second-order valence-corrected chi connectivity index (χ2v) is 8.45. The molecule has 6 nitrogen and oxygen atoms in total. The van der Waals surface area contributed by atoms with Gasteiger partial charge >= 0.3 is 5.97 Å². The largest absolute Gasteiger partial charge is 0.497 e. The van der Waals surface area contributed by atoms with Crippen LogP contribution in [0.4, 0.5) is 5.69 Å². The Balaban J connectivity index is 1.99. The van der Waals surface area contributed by atoms with Gasteiger partial charge in [-0.3, -0.25) is 9.10 Å². The Morgan fingerprint density at radius 1 is 1.22 bits per heavy atom. The Bertz CT molecular complexity index is 937. The minimum atomic E-state index is -3.72. The average Bonchev–Trinajstić information content (AvgIpc) is 3.05. The van der Waals surface area contributed by atoms with Gasteiger partial charge in [-0.2, -0.15) is 0 Å². The van der Waals surface area contributed by atoms with E-state index in [1.165, 1.54) is 4.31 Å². The number of carboxylic acid groups (broad SMARTS) is 1. The molecule has 2 aromatic carbocycles. The number of nitrogens with zero attached hydrogens (tertiary/aromatic N) is 1. The second kappa shape index (κ2) is 7.60. The fourth-order valence-electron chi connectivity index (χ4n) is 3.41. The molecule has 0 aliphatic carbocycles. The first kappa shape index (κ1) is 19.2. The van der Waals surface area contributed by atoms with Crippen molar-refractivity contribution >= 4 is 21.7 Å². The Morgan fingerprint density at radius 2 is 1.93 bits per heavy atom. The molecule has 1 aliphatic rings. The highest BCUT2D eigenvalue weighted by Gasteiger charge is 2.36. The molecule has 1 N–H and O–H groups in total. The van der Waals surface area contributed by atoms with E-state index in [2.05, 4.69) is 0 Å². The van der Waals surface area contributed by atoms with Gasteiger partial charge in [-0.25, -0.2) is 8.42 Å². The number of anilines is 1. The zero-order valence-electron chi connectivity index (χ0n) is 15.4. The summed E-state index contributed by atoms with van der Waals surface area (Å²) in [6.07, 6.45) is 1.20. The summed E-state index contributed by atoms with van der Waals surface area (Å²) in [5.74, 6) is -0.451.